The SMILES string of the molecule is O=C1CCCc2c1ccn2CCc1ncn[nH]1. The lowest BCUT2D eigenvalue weighted by molar-refractivity contribution is 0.0972. The smallest absolute Gasteiger partial charge is 0.164 e. The van der Waals surface area contributed by atoms with Gasteiger partial charge in [-0.15, -0.1) is 0 Å². The van der Waals surface area contributed by atoms with Gasteiger partial charge in [0, 0.05) is 36.8 Å². The second kappa shape index (κ2) is 4.16. The number of aryl methyl sites for hydroxylation is 2. The molecule has 0 saturated heterocycles. The topological polar surface area (TPSA) is 63.6 Å². The molecule has 0 unspecified atom stereocenters. The summed E-state index contributed by atoms with van der Waals surface area (Å²) < 4.78 is 2.16. The first-order chi connectivity index (χ1) is 8.34. The highest BCUT2D eigenvalue weighted by Crippen LogP contribution is 2.22. The summed E-state index contributed by atoms with van der Waals surface area (Å²) in [5.74, 6) is 1.17. The van der Waals surface area contributed by atoms with E-state index in [4.69, 9.17) is 0 Å². The molecule has 0 spiro atoms. The van der Waals surface area contributed by atoms with Gasteiger partial charge < -0.3 is 4.57 Å². The van der Waals surface area contributed by atoms with E-state index in [-0.39, 0.29) is 5.78 Å². The quantitative estimate of drug-likeness (QED) is 0.866. The van der Waals surface area contributed by atoms with Crippen molar-refractivity contribution in [3.05, 3.63) is 35.7 Å². The predicted molar refractivity (Wildman–Crippen MR) is 61.8 cm³/mol. The van der Waals surface area contributed by atoms with Crippen molar-refractivity contribution in [1.82, 2.24) is 19.7 Å². The minimum atomic E-state index is 0.282. The molecule has 17 heavy (non-hydrogen) atoms. The largest absolute Gasteiger partial charge is 0.350 e. The highest BCUT2D eigenvalue weighted by molar-refractivity contribution is 5.98. The van der Waals surface area contributed by atoms with Gasteiger partial charge in [0.2, 0.25) is 0 Å². The number of aromatic nitrogens is 4. The van der Waals surface area contributed by atoms with Crippen molar-refractivity contribution >= 4 is 5.78 Å². The number of nitrogens with zero attached hydrogens (tertiary/aromatic N) is 3. The first-order valence-electron chi connectivity index (χ1n) is 5.90. The van der Waals surface area contributed by atoms with E-state index in [2.05, 4.69) is 19.7 Å². The second-order valence-electron chi connectivity index (χ2n) is 4.33. The Morgan fingerprint density at radius 1 is 1.41 bits per heavy atom. The Kier molecular flexibility index (Phi) is 2.51. The van der Waals surface area contributed by atoms with Gasteiger partial charge in [-0.2, -0.15) is 5.10 Å². The minimum absolute atomic E-state index is 0.282. The van der Waals surface area contributed by atoms with Gasteiger partial charge in [0.1, 0.15) is 12.2 Å². The van der Waals surface area contributed by atoms with Gasteiger partial charge in [-0.1, -0.05) is 0 Å². The molecule has 0 amide bonds. The van der Waals surface area contributed by atoms with Gasteiger partial charge >= 0.3 is 0 Å². The van der Waals surface area contributed by atoms with E-state index in [1.54, 1.807) is 0 Å². The minimum Gasteiger partial charge on any atom is -0.350 e. The van der Waals surface area contributed by atoms with E-state index in [1.807, 2.05) is 12.3 Å². The van der Waals surface area contributed by atoms with Crippen LogP contribution >= 0.6 is 0 Å². The zero-order valence-corrected chi connectivity index (χ0v) is 9.52. The first kappa shape index (κ1) is 10.3. The van der Waals surface area contributed by atoms with Crippen LogP contribution in [0.1, 0.15) is 34.7 Å². The molecule has 2 heterocycles. The van der Waals surface area contributed by atoms with Crippen LogP contribution in [0.25, 0.3) is 0 Å². The summed E-state index contributed by atoms with van der Waals surface area (Å²) in [6, 6.07) is 1.94. The van der Waals surface area contributed by atoms with Crippen molar-refractivity contribution in [1.29, 1.82) is 0 Å². The van der Waals surface area contributed by atoms with Crippen LogP contribution in [0.15, 0.2) is 18.6 Å². The Hall–Kier alpha value is -1.91. The van der Waals surface area contributed by atoms with E-state index in [0.717, 1.165) is 37.2 Å². The van der Waals surface area contributed by atoms with Crippen LogP contribution in [0.4, 0.5) is 0 Å². The van der Waals surface area contributed by atoms with Crippen LogP contribution in [0.2, 0.25) is 0 Å². The number of aromatic amines is 1. The second-order valence-corrected chi connectivity index (χ2v) is 4.33. The standard InChI is InChI=1S/C12H14N4O/c17-11-3-1-2-10-9(11)4-6-16(10)7-5-12-13-8-14-15-12/h4,6,8H,1-3,5,7H2,(H,13,14,15). The lowest BCUT2D eigenvalue weighted by atomic mass is 9.97. The van der Waals surface area contributed by atoms with Crippen molar-refractivity contribution in [2.24, 2.45) is 0 Å². The first-order valence-corrected chi connectivity index (χ1v) is 5.90. The van der Waals surface area contributed by atoms with E-state index in [1.165, 1.54) is 12.0 Å². The molecule has 3 rings (SSSR count). The molecule has 0 fully saturated rings. The van der Waals surface area contributed by atoms with Crippen LogP contribution < -0.4 is 0 Å². The Morgan fingerprint density at radius 3 is 3.18 bits per heavy atom. The Labute approximate surface area is 98.9 Å². The summed E-state index contributed by atoms with van der Waals surface area (Å²) >= 11 is 0. The summed E-state index contributed by atoms with van der Waals surface area (Å²) in [7, 11) is 0. The van der Waals surface area contributed by atoms with Gasteiger partial charge in [0.25, 0.3) is 0 Å². The molecule has 1 aliphatic carbocycles. The number of hydrogen-bond donors (Lipinski definition) is 1. The fraction of sp³-hybridized carbons (Fsp3) is 0.417. The molecule has 0 atom stereocenters. The van der Waals surface area contributed by atoms with Crippen LogP contribution in [-0.4, -0.2) is 25.5 Å². The molecule has 0 saturated carbocycles. The van der Waals surface area contributed by atoms with E-state index < -0.39 is 0 Å². The van der Waals surface area contributed by atoms with Crippen molar-refractivity contribution < 1.29 is 4.79 Å². The van der Waals surface area contributed by atoms with E-state index >= 15 is 0 Å². The van der Waals surface area contributed by atoms with Crippen molar-refractivity contribution in [3.63, 3.8) is 0 Å². The maximum Gasteiger partial charge on any atom is 0.164 e. The number of rotatable bonds is 3. The molecule has 88 valence electrons. The van der Waals surface area contributed by atoms with Crippen molar-refractivity contribution in [3.8, 4) is 0 Å². The molecule has 1 N–H and O–H groups in total. The van der Waals surface area contributed by atoms with Gasteiger partial charge in [-0.05, 0) is 18.9 Å². The molecule has 0 aliphatic heterocycles. The summed E-state index contributed by atoms with van der Waals surface area (Å²) in [6.07, 6.45) is 7.01. The lowest BCUT2D eigenvalue weighted by Gasteiger charge is -2.14. The third-order valence-corrected chi connectivity index (χ3v) is 3.25. The predicted octanol–water partition coefficient (Wildman–Crippen LogP) is 1.37. The van der Waals surface area contributed by atoms with Gasteiger partial charge in [0.05, 0.1) is 0 Å². The fourth-order valence-corrected chi connectivity index (χ4v) is 2.38. The van der Waals surface area contributed by atoms with Crippen LogP contribution in [-0.2, 0) is 19.4 Å². The third kappa shape index (κ3) is 1.88. The van der Waals surface area contributed by atoms with Gasteiger partial charge in [-0.3, -0.25) is 9.89 Å². The van der Waals surface area contributed by atoms with Crippen LogP contribution in [0.3, 0.4) is 0 Å². The number of hydrogen-bond acceptors (Lipinski definition) is 3. The number of ketones is 1. The number of carbonyl (C=O) groups is 1. The summed E-state index contributed by atoms with van der Waals surface area (Å²) in [5.41, 5.74) is 2.09. The van der Waals surface area contributed by atoms with Gasteiger partial charge in [0.15, 0.2) is 5.78 Å². The maximum absolute atomic E-state index is 11.7. The van der Waals surface area contributed by atoms with E-state index in [9.17, 15) is 4.79 Å². The summed E-state index contributed by atoms with van der Waals surface area (Å²) in [6.45, 7) is 0.845. The zero-order chi connectivity index (χ0) is 11.7. The lowest BCUT2D eigenvalue weighted by Crippen LogP contribution is -2.14. The molecule has 2 aromatic rings. The summed E-state index contributed by atoms with van der Waals surface area (Å²) in [4.78, 5) is 15.8. The van der Waals surface area contributed by atoms with Crippen LogP contribution in [0, 0.1) is 0 Å². The Balaban J connectivity index is 1.78. The zero-order valence-electron chi connectivity index (χ0n) is 9.52. The number of H-pyrrole nitrogens is 1. The molecule has 0 aromatic carbocycles. The average molecular weight is 230 g/mol. The van der Waals surface area contributed by atoms with Gasteiger partial charge in [-0.25, -0.2) is 4.98 Å². The number of carbonyl (C=O) groups excluding carboxylic acids is 1. The van der Waals surface area contributed by atoms with Crippen molar-refractivity contribution in [2.75, 3.05) is 0 Å². The summed E-state index contributed by atoms with van der Waals surface area (Å²) in [5, 5.41) is 6.67. The molecule has 5 heteroatoms. The van der Waals surface area contributed by atoms with Crippen molar-refractivity contribution in [2.45, 2.75) is 32.2 Å². The highest BCUT2D eigenvalue weighted by Gasteiger charge is 2.20. The molecule has 0 bridgehead atoms. The number of nitrogens with one attached hydrogen (secondary N) is 1. The fourth-order valence-electron chi connectivity index (χ4n) is 2.38. The van der Waals surface area contributed by atoms with E-state index in [0.29, 0.717) is 6.42 Å². The molecule has 2 aromatic heterocycles. The average Bonchev–Trinajstić information content (AvgIpc) is 2.95. The molecule has 0 radical (unpaired) electrons. The Morgan fingerprint density at radius 2 is 2.35 bits per heavy atom. The molecular weight excluding hydrogens is 216 g/mol. The number of Topliss-reactive ketones (excluding diaryl/α,β-unsaturated/α-hetero) is 1. The Bertz CT molecular complexity index is 527. The monoisotopic (exact) mass is 230 g/mol. The highest BCUT2D eigenvalue weighted by atomic mass is 16.1. The molecule has 1 aliphatic rings. The van der Waals surface area contributed by atoms with Crippen LogP contribution in [0.5, 0.6) is 0 Å². The third-order valence-electron chi connectivity index (χ3n) is 3.25. The number of fused-ring (bicyclic) bond motifs is 1. The molecular formula is C12H14N4O. The maximum atomic E-state index is 11.7. The normalized spacial score (nSPS) is 14.9. The molecule has 5 nitrogen and oxygen atoms in total.